The molecule has 22 rings (SSSR count). The van der Waals surface area contributed by atoms with Crippen LogP contribution in [-0.4, -0.2) is 58.1 Å². The Hall–Kier alpha value is -15.4. The van der Waals surface area contributed by atoms with E-state index in [-0.39, 0.29) is 0 Å². The van der Waals surface area contributed by atoms with Gasteiger partial charge in [-0.15, -0.1) is 0 Å². The van der Waals surface area contributed by atoms with Gasteiger partial charge in [0.1, 0.15) is 0 Å². The van der Waals surface area contributed by atoms with Gasteiger partial charge in [0.2, 0.25) is 0 Å². The molecule has 0 amide bonds. The Morgan fingerprint density at radius 1 is 0.179 bits per heavy atom. The first kappa shape index (κ1) is 64.9. The summed E-state index contributed by atoms with van der Waals surface area (Å²) in [4.78, 5) is 38.9. The van der Waals surface area contributed by atoms with E-state index in [2.05, 4.69) is 283 Å². The van der Waals surface area contributed by atoms with Crippen LogP contribution in [0.1, 0.15) is 0 Å². The number of hydrogen-bond acceptors (Lipinski definition) is 8. The monoisotopic (exact) mass is 1430 g/mol. The van der Waals surface area contributed by atoms with Crippen LogP contribution in [-0.2, 0) is 0 Å². The lowest BCUT2D eigenvalue weighted by molar-refractivity contribution is 1.07. The lowest BCUT2D eigenvalue weighted by Gasteiger charge is -2.13. The van der Waals surface area contributed by atoms with Crippen molar-refractivity contribution in [2.24, 2.45) is 0 Å². The molecule has 0 fully saturated rings. The van der Waals surface area contributed by atoms with Gasteiger partial charge in [-0.05, 0) is 203 Å². The van der Waals surface area contributed by atoms with Crippen molar-refractivity contribution in [3.63, 3.8) is 0 Å². The van der Waals surface area contributed by atoms with Crippen molar-refractivity contribution in [3.8, 4) is 113 Å². The first-order valence-electron chi connectivity index (χ1n) is 37.4. The molecule has 0 N–H and O–H groups in total. The van der Waals surface area contributed by atoms with Gasteiger partial charge in [-0.2, -0.15) is 0 Å². The van der Waals surface area contributed by atoms with E-state index in [0.29, 0.717) is 17.5 Å². The van der Waals surface area contributed by atoms with Gasteiger partial charge in [-0.25, -0.2) is 19.9 Å². The van der Waals surface area contributed by atoms with E-state index in [0.717, 1.165) is 128 Å². The maximum atomic E-state index is 5.00. The highest BCUT2D eigenvalue weighted by Gasteiger charge is 2.23. The zero-order valence-corrected chi connectivity index (χ0v) is 60.3. The summed E-state index contributed by atoms with van der Waals surface area (Å²) in [5, 5.41) is 7.14. The molecule has 0 spiro atoms. The molecule has 0 aliphatic rings. The highest BCUT2D eigenvalue weighted by Crippen LogP contribution is 2.44. The number of rotatable bonds is 12. The fourth-order valence-corrected chi connectivity index (χ4v) is 16.3. The van der Waals surface area contributed by atoms with Crippen LogP contribution >= 0.6 is 0 Å². The Morgan fingerprint density at radius 3 is 1.02 bits per heavy atom. The third-order valence-corrected chi connectivity index (χ3v) is 21.3. The van der Waals surface area contributed by atoms with Crippen LogP contribution in [0.25, 0.3) is 201 Å². The van der Waals surface area contributed by atoms with Gasteiger partial charge >= 0.3 is 0 Å². The minimum Gasteiger partial charge on any atom is -0.309 e. The Kier molecular flexibility index (Phi) is 15.9. The summed E-state index contributed by atoms with van der Waals surface area (Å²) in [5.74, 6) is 1.91. The largest absolute Gasteiger partial charge is 0.309 e. The molecule has 0 radical (unpaired) electrons. The highest BCUT2D eigenvalue weighted by molar-refractivity contribution is 6.19. The Morgan fingerprint density at radius 2 is 0.536 bits per heavy atom. The average molecular weight is 1430 g/mol. The molecule has 10 aromatic heterocycles. The second-order valence-corrected chi connectivity index (χ2v) is 27.8. The van der Waals surface area contributed by atoms with Gasteiger partial charge < -0.3 is 18.3 Å². The number of hydrogen-bond donors (Lipinski definition) is 0. The third-order valence-electron chi connectivity index (χ3n) is 21.3. The van der Waals surface area contributed by atoms with Gasteiger partial charge in [0.15, 0.2) is 17.5 Å². The average Bonchev–Trinajstić information content (AvgIpc) is 1.58. The maximum Gasteiger partial charge on any atom is 0.164 e. The summed E-state index contributed by atoms with van der Waals surface area (Å²) in [6.45, 7) is 0. The van der Waals surface area contributed by atoms with E-state index in [1.807, 2.05) is 122 Å². The number of pyridine rings is 5. The van der Waals surface area contributed by atoms with Crippen molar-refractivity contribution in [3.05, 3.63) is 389 Å². The summed E-state index contributed by atoms with van der Waals surface area (Å²) < 4.78 is 9.36. The molecule has 0 unspecified atom stereocenters. The molecule has 0 atom stereocenters. The number of fused-ring (bicyclic) bond motifs is 12. The SMILES string of the molecule is c1ccc(-c2nc(-c3ccccc3)nc(-c3ccc(-n4c5ccc(-c6cccc7c6c6ccccc6n7-c6ccccc6)cc5c5ncccc54)cc3)n2)cc1.c1ccc(-n2c3ccccc3c3c(-c4ccc5c(c4)c4ncccc4n5-c4cccc(-c5cc(-c6ccccn6)nc(-c6ccccn6)c5)c4)cccc32)cc1. The molecule has 12 aromatic carbocycles. The summed E-state index contributed by atoms with van der Waals surface area (Å²) in [6.07, 6.45) is 7.37. The predicted molar refractivity (Wildman–Crippen MR) is 456 cm³/mol. The molecule has 0 aliphatic carbocycles. The predicted octanol–water partition coefficient (Wildman–Crippen LogP) is 24.3. The maximum absolute atomic E-state index is 5.00. The van der Waals surface area contributed by atoms with Crippen LogP contribution in [0, 0.1) is 0 Å². The van der Waals surface area contributed by atoms with E-state index < -0.39 is 0 Å². The molecular formula is C100H64N12. The van der Waals surface area contributed by atoms with Crippen LogP contribution < -0.4 is 0 Å². The Balaban J connectivity index is 0.000000141. The van der Waals surface area contributed by atoms with Gasteiger partial charge in [0.25, 0.3) is 0 Å². The van der Waals surface area contributed by atoms with Crippen LogP contribution in [0.4, 0.5) is 0 Å². The molecule has 524 valence electrons. The number of para-hydroxylation sites is 4. The summed E-state index contributed by atoms with van der Waals surface area (Å²) >= 11 is 0. The highest BCUT2D eigenvalue weighted by atomic mass is 15.0. The standard InChI is InChI=1S/2C50H32N6/c1-4-14-33(15-5-1)48-52-49(34-16-6-2-7-17-34)54-50(53-48)35-25-28-38(29-26-35)56-43-30-27-36(32-41(43)47-45(56)24-13-31-51-47)39-21-12-23-44-46(39)40-20-10-11-22-42(40)55(44)37-18-8-3-9-19-37;1-2-14-36(15-3-1)55-45-21-5-4-17-39(45)49-38(18-11-22-47(49)55)34-24-25-46-40(30-34)50-48(23-12-28-53-50)56(46)37-16-10-13-33(29-37)35-31-43(41-19-6-8-26-51-41)54-44(32-35)42-20-7-9-27-52-42/h2*1-32H. The van der Waals surface area contributed by atoms with Gasteiger partial charge in [-0.1, -0.05) is 194 Å². The molecule has 0 saturated heterocycles. The summed E-state index contributed by atoms with van der Waals surface area (Å²) in [7, 11) is 0. The van der Waals surface area contributed by atoms with Gasteiger partial charge in [-0.3, -0.25) is 19.9 Å². The van der Waals surface area contributed by atoms with Crippen LogP contribution in [0.5, 0.6) is 0 Å². The normalized spacial score (nSPS) is 11.6. The summed E-state index contributed by atoms with van der Waals surface area (Å²) in [6, 6.07) is 127. The Bertz CT molecular complexity index is 7230. The third kappa shape index (κ3) is 11.3. The molecular weight excluding hydrogens is 1370 g/mol. The van der Waals surface area contributed by atoms with Crippen molar-refractivity contribution >= 4 is 87.5 Å². The van der Waals surface area contributed by atoms with E-state index in [1.165, 1.54) is 54.7 Å². The fourth-order valence-electron chi connectivity index (χ4n) is 16.3. The van der Waals surface area contributed by atoms with E-state index in [9.17, 15) is 0 Å². The molecule has 0 saturated carbocycles. The zero-order valence-electron chi connectivity index (χ0n) is 60.3. The molecule has 10 heterocycles. The molecule has 12 heteroatoms. The molecule has 12 nitrogen and oxygen atoms in total. The van der Waals surface area contributed by atoms with Gasteiger partial charge in [0, 0.05) is 96.5 Å². The van der Waals surface area contributed by atoms with Crippen molar-refractivity contribution in [2.75, 3.05) is 0 Å². The van der Waals surface area contributed by atoms with E-state index in [1.54, 1.807) is 12.4 Å². The van der Waals surface area contributed by atoms with Crippen LogP contribution in [0.15, 0.2) is 389 Å². The van der Waals surface area contributed by atoms with E-state index in [4.69, 9.17) is 29.9 Å². The van der Waals surface area contributed by atoms with Crippen LogP contribution in [0.3, 0.4) is 0 Å². The van der Waals surface area contributed by atoms with Crippen molar-refractivity contribution in [1.82, 2.24) is 58.1 Å². The molecule has 0 bridgehead atoms. The summed E-state index contributed by atoms with van der Waals surface area (Å²) in [5.41, 5.74) is 28.1. The molecule has 112 heavy (non-hydrogen) atoms. The number of benzene rings is 12. The second kappa shape index (κ2) is 27.4. The van der Waals surface area contributed by atoms with Crippen molar-refractivity contribution < 1.29 is 0 Å². The fraction of sp³-hybridized carbons (Fsp3) is 0. The number of nitrogens with zero attached hydrogens (tertiary/aromatic N) is 12. The lowest BCUT2D eigenvalue weighted by atomic mass is 9.98. The smallest absolute Gasteiger partial charge is 0.164 e. The Labute approximate surface area is 643 Å². The minimum absolute atomic E-state index is 0.626. The van der Waals surface area contributed by atoms with E-state index >= 15 is 0 Å². The molecule has 22 aromatic rings. The molecule has 0 aliphatic heterocycles. The lowest BCUT2D eigenvalue weighted by Crippen LogP contribution is -2.00. The zero-order chi connectivity index (χ0) is 74.0. The number of aromatic nitrogens is 12. The second-order valence-electron chi connectivity index (χ2n) is 27.8. The van der Waals surface area contributed by atoms with Crippen molar-refractivity contribution in [2.45, 2.75) is 0 Å². The van der Waals surface area contributed by atoms with Crippen LogP contribution in [0.2, 0.25) is 0 Å². The minimum atomic E-state index is 0.626. The first-order valence-corrected chi connectivity index (χ1v) is 37.4. The van der Waals surface area contributed by atoms with Gasteiger partial charge in [0.05, 0.1) is 77.9 Å². The van der Waals surface area contributed by atoms with Crippen molar-refractivity contribution in [1.29, 1.82) is 0 Å². The topological polar surface area (TPSA) is 123 Å². The first-order chi connectivity index (χ1) is 55.6. The quantitative estimate of drug-likeness (QED) is 0.119.